The van der Waals surface area contributed by atoms with Gasteiger partial charge in [-0.15, -0.1) is 23.7 Å². The van der Waals surface area contributed by atoms with Crippen LogP contribution in [0.2, 0.25) is 0 Å². The molecule has 1 aromatic heterocycles. The highest BCUT2D eigenvalue weighted by Crippen LogP contribution is 2.21. The first-order valence-corrected chi connectivity index (χ1v) is 8.82. The second-order valence-corrected chi connectivity index (χ2v) is 6.56. The number of piperazine rings is 1. The third kappa shape index (κ3) is 7.48. The fourth-order valence-corrected chi connectivity index (χ4v) is 3.38. The lowest BCUT2D eigenvalue weighted by atomic mass is 10.1. The predicted molar refractivity (Wildman–Crippen MR) is 98.6 cm³/mol. The van der Waals surface area contributed by atoms with Crippen molar-refractivity contribution < 1.29 is 9.59 Å². The molecule has 0 bridgehead atoms. The number of carbonyl (C=O) groups excluding carboxylic acids is 2. The number of thiophene rings is 1. The van der Waals surface area contributed by atoms with Crippen LogP contribution in [0.3, 0.4) is 0 Å². The average Bonchev–Trinajstić information content (AvgIpc) is 3.06. The third-order valence-corrected chi connectivity index (χ3v) is 4.76. The SMILES string of the molecule is Cl.NC(=O)NC(CC(=O)NCCCN1CCNCC1)c1cccs1. The van der Waals surface area contributed by atoms with Crippen molar-refractivity contribution in [2.45, 2.75) is 18.9 Å². The molecule has 1 aliphatic rings. The zero-order valence-electron chi connectivity index (χ0n) is 13.6. The molecule has 1 atom stereocenters. The van der Waals surface area contributed by atoms with Gasteiger partial charge >= 0.3 is 6.03 Å². The fraction of sp³-hybridized carbons (Fsp3) is 0.600. The molecule has 1 fully saturated rings. The van der Waals surface area contributed by atoms with Crippen molar-refractivity contribution in [3.8, 4) is 0 Å². The first-order valence-electron chi connectivity index (χ1n) is 7.94. The highest BCUT2D eigenvalue weighted by Gasteiger charge is 2.18. The molecule has 136 valence electrons. The second kappa shape index (κ2) is 11.2. The summed E-state index contributed by atoms with van der Waals surface area (Å²) in [6, 6.07) is 2.81. The van der Waals surface area contributed by atoms with Gasteiger partial charge in [0.05, 0.1) is 12.5 Å². The van der Waals surface area contributed by atoms with Gasteiger partial charge < -0.3 is 26.6 Å². The molecular weight excluding hydrogens is 350 g/mol. The quantitative estimate of drug-likeness (QED) is 0.502. The molecule has 1 aliphatic heterocycles. The first-order chi connectivity index (χ1) is 11.1. The van der Waals surface area contributed by atoms with Crippen molar-refractivity contribution >= 4 is 35.7 Å². The van der Waals surface area contributed by atoms with Gasteiger partial charge in [-0.25, -0.2) is 4.79 Å². The number of nitrogens with zero attached hydrogens (tertiary/aromatic N) is 1. The van der Waals surface area contributed by atoms with Crippen molar-refractivity contribution in [2.75, 3.05) is 39.3 Å². The molecule has 0 saturated carbocycles. The molecule has 0 radical (unpaired) electrons. The van der Waals surface area contributed by atoms with Crippen LogP contribution < -0.4 is 21.7 Å². The van der Waals surface area contributed by atoms with E-state index in [1.165, 1.54) is 11.3 Å². The molecule has 1 unspecified atom stereocenters. The molecule has 2 heterocycles. The lowest BCUT2D eigenvalue weighted by molar-refractivity contribution is -0.121. The molecule has 2 rings (SSSR count). The number of hydrogen-bond donors (Lipinski definition) is 4. The average molecular weight is 376 g/mol. The molecule has 0 aromatic carbocycles. The molecule has 0 aliphatic carbocycles. The van der Waals surface area contributed by atoms with Gasteiger partial charge in [-0.2, -0.15) is 0 Å². The maximum absolute atomic E-state index is 12.1. The molecular formula is C15H26ClN5O2S. The summed E-state index contributed by atoms with van der Waals surface area (Å²) in [5.41, 5.74) is 5.19. The summed E-state index contributed by atoms with van der Waals surface area (Å²) in [5.74, 6) is -0.0718. The van der Waals surface area contributed by atoms with Crippen LogP contribution in [0, 0.1) is 0 Å². The summed E-state index contributed by atoms with van der Waals surface area (Å²) in [6.07, 6.45) is 1.13. The van der Waals surface area contributed by atoms with Crippen molar-refractivity contribution in [3.05, 3.63) is 22.4 Å². The zero-order valence-corrected chi connectivity index (χ0v) is 15.3. The largest absolute Gasteiger partial charge is 0.356 e. The van der Waals surface area contributed by atoms with Gasteiger partial charge in [0.1, 0.15) is 0 Å². The second-order valence-electron chi connectivity index (χ2n) is 5.58. The van der Waals surface area contributed by atoms with E-state index >= 15 is 0 Å². The van der Waals surface area contributed by atoms with Crippen LogP contribution in [-0.2, 0) is 4.79 Å². The van der Waals surface area contributed by atoms with E-state index in [9.17, 15) is 9.59 Å². The monoisotopic (exact) mass is 375 g/mol. The topological polar surface area (TPSA) is 99.5 Å². The maximum Gasteiger partial charge on any atom is 0.312 e. The van der Waals surface area contributed by atoms with Crippen molar-refractivity contribution in [1.29, 1.82) is 0 Å². The van der Waals surface area contributed by atoms with E-state index in [1.807, 2.05) is 17.5 Å². The van der Waals surface area contributed by atoms with E-state index in [0.29, 0.717) is 6.54 Å². The number of hydrogen-bond acceptors (Lipinski definition) is 5. The number of nitrogens with two attached hydrogens (primary N) is 1. The Balaban J connectivity index is 0.00000288. The van der Waals surface area contributed by atoms with E-state index in [0.717, 1.165) is 44.0 Å². The van der Waals surface area contributed by atoms with E-state index in [4.69, 9.17) is 5.73 Å². The molecule has 5 N–H and O–H groups in total. The minimum Gasteiger partial charge on any atom is -0.356 e. The highest BCUT2D eigenvalue weighted by atomic mass is 35.5. The molecule has 3 amide bonds. The van der Waals surface area contributed by atoms with Crippen molar-refractivity contribution in [1.82, 2.24) is 20.9 Å². The minimum absolute atomic E-state index is 0. The Morgan fingerprint density at radius 2 is 2.12 bits per heavy atom. The maximum atomic E-state index is 12.1. The number of halogens is 1. The van der Waals surface area contributed by atoms with Crippen LogP contribution >= 0.6 is 23.7 Å². The number of nitrogens with one attached hydrogen (secondary N) is 3. The molecule has 0 spiro atoms. The van der Waals surface area contributed by atoms with Crippen LogP contribution in [0.5, 0.6) is 0 Å². The smallest absolute Gasteiger partial charge is 0.312 e. The van der Waals surface area contributed by atoms with E-state index in [2.05, 4.69) is 20.9 Å². The number of primary amides is 1. The van der Waals surface area contributed by atoms with Gasteiger partial charge in [0.15, 0.2) is 0 Å². The first kappa shape index (κ1) is 20.7. The summed E-state index contributed by atoms with van der Waals surface area (Å²) in [4.78, 5) is 26.5. The summed E-state index contributed by atoms with van der Waals surface area (Å²) < 4.78 is 0. The standard InChI is InChI=1S/C15H25N5O2S.ClH/c16-15(22)19-12(13-3-1-10-23-13)11-14(21)18-4-2-7-20-8-5-17-6-9-20;/h1,3,10,12,17H,2,4-9,11H2,(H,18,21)(H3,16,19,22);1H. The van der Waals surface area contributed by atoms with Gasteiger partial charge in [0.25, 0.3) is 0 Å². The Morgan fingerprint density at radius 1 is 1.38 bits per heavy atom. The molecule has 24 heavy (non-hydrogen) atoms. The van der Waals surface area contributed by atoms with E-state index < -0.39 is 6.03 Å². The lowest BCUT2D eigenvalue weighted by Gasteiger charge is -2.27. The molecule has 1 aromatic rings. The van der Waals surface area contributed by atoms with Crippen LogP contribution in [-0.4, -0.2) is 56.1 Å². The van der Waals surface area contributed by atoms with Crippen LogP contribution in [0.4, 0.5) is 4.79 Å². The number of carbonyl (C=O) groups is 2. The number of urea groups is 1. The van der Waals surface area contributed by atoms with Gasteiger partial charge in [-0.1, -0.05) is 6.07 Å². The number of rotatable bonds is 8. The predicted octanol–water partition coefficient (Wildman–Crippen LogP) is 0.681. The summed E-state index contributed by atoms with van der Waals surface area (Å²) in [6.45, 7) is 5.85. The number of amides is 3. The fourth-order valence-electron chi connectivity index (χ4n) is 2.61. The van der Waals surface area contributed by atoms with Gasteiger partial charge in [0.2, 0.25) is 5.91 Å². The Bertz CT molecular complexity index is 494. The van der Waals surface area contributed by atoms with Gasteiger partial charge in [-0.05, 0) is 24.4 Å². The minimum atomic E-state index is -0.616. The van der Waals surface area contributed by atoms with Crippen LogP contribution in [0.25, 0.3) is 0 Å². The molecule has 7 nitrogen and oxygen atoms in total. The Kier molecular flexibility index (Phi) is 9.70. The lowest BCUT2D eigenvalue weighted by Crippen LogP contribution is -2.44. The van der Waals surface area contributed by atoms with Crippen LogP contribution in [0.1, 0.15) is 23.8 Å². The normalized spacial score (nSPS) is 16.0. The van der Waals surface area contributed by atoms with E-state index in [-0.39, 0.29) is 30.8 Å². The molecule has 1 saturated heterocycles. The molecule has 9 heteroatoms. The third-order valence-electron chi connectivity index (χ3n) is 3.78. The summed E-state index contributed by atoms with van der Waals surface area (Å²) >= 11 is 1.50. The van der Waals surface area contributed by atoms with Crippen molar-refractivity contribution in [2.24, 2.45) is 5.73 Å². The zero-order chi connectivity index (χ0) is 16.5. The van der Waals surface area contributed by atoms with Gasteiger partial charge in [-0.3, -0.25) is 4.79 Å². The Labute approximate surface area is 152 Å². The van der Waals surface area contributed by atoms with Gasteiger partial charge in [0, 0.05) is 37.6 Å². The highest BCUT2D eigenvalue weighted by molar-refractivity contribution is 7.10. The summed E-state index contributed by atoms with van der Waals surface area (Å²) in [5, 5.41) is 10.8. The van der Waals surface area contributed by atoms with Crippen LogP contribution in [0.15, 0.2) is 17.5 Å². The Morgan fingerprint density at radius 3 is 2.75 bits per heavy atom. The Hall–Kier alpha value is -1.35. The van der Waals surface area contributed by atoms with Crippen molar-refractivity contribution in [3.63, 3.8) is 0 Å². The summed E-state index contributed by atoms with van der Waals surface area (Å²) in [7, 11) is 0. The van der Waals surface area contributed by atoms with E-state index in [1.54, 1.807) is 0 Å².